The van der Waals surface area contributed by atoms with E-state index in [-0.39, 0.29) is 17.4 Å². The predicted molar refractivity (Wildman–Crippen MR) is 218 cm³/mol. The zero-order valence-corrected chi connectivity index (χ0v) is 32.7. The van der Waals surface area contributed by atoms with Gasteiger partial charge >= 0.3 is 0 Å². The Hall–Kier alpha value is -3.17. The second-order valence-electron chi connectivity index (χ2n) is 15.2. The number of para-hydroxylation sites is 1. The summed E-state index contributed by atoms with van der Waals surface area (Å²) in [4.78, 5) is 2.46. The summed E-state index contributed by atoms with van der Waals surface area (Å²) in [5, 5.41) is 25.0. The van der Waals surface area contributed by atoms with E-state index in [2.05, 4.69) is 132 Å². The van der Waals surface area contributed by atoms with E-state index in [9.17, 15) is 5.11 Å². The molecule has 2 heterocycles. The molecular formula is C44H54ClN2O4S+. The van der Waals surface area contributed by atoms with Gasteiger partial charge in [0, 0.05) is 76.9 Å². The third-order valence-corrected chi connectivity index (χ3v) is 12.2. The summed E-state index contributed by atoms with van der Waals surface area (Å²) in [6.45, 7) is 11.4. The molecular weight excluding hydrogens is 688 g/mol. The topological polar surface area (TPSA) is 65.2 Å². The van der Waals surface area contributed by atoms with Crippen LogP contribution in [0.5, 0.6) is 0 Å². The average molecular weight is 742 g/mol. The summed E-state index contributed by atoms with van der Waals surface area (Å²) >= 11 is 8.41. The predicted octanol–water partition coefficient (Wildman–Crippen LogP) is 11.5. The fraction of sp³-hybridized carbons (Fsp3) is 0.432. The van der Waals surface area contributed by atoms with E-state index in [1.807, 2.05) is 0 Å². The van der Waals surface area contributed by atoms with Crippen molar-refractivity contribution in [3.8, 4) is 0 Å². The minimum atomic E-state index is -0.173. The van der Waals surface area contributed by atoms with Gasteiger partial charge in [0.1, 0.15) is 6.54 Å². The normalized spacial score (nSPS) is 19.6. The minimum Gasteiger partial charge on any atom is -0.396 e. The quantitative estimate of drug-likeness (QED) is 0.0501. The molecule has 0 saturated carbocycles. The number of unbranched alkanes of at least 4 members (excludes halogenated alkanes) is 4. The number of halogens is 1. The Kier molecular flexibility index (Phi) is 12.8. The molecule has 0 spiro atoms. The molecule has 0 aromatic heterocycles. The van der Waals surface area contributed by atoms with Crippen LogP contribution in [0.25, 0.3) is 10.8 Å². The molecule has 6 rings (SSSR count). The number of hydrogen-bond acceptors (Lipinski definition) is 6. The summed E-state index contributed by atoms with van der Waals surface area (Å²) in [6.07, 6.45) is 18.2. The Morgan fingerprint density at radius 3 is 2.48 bits per heavy atom. The number of aliphatic hydroxyl groups is 1. The summed E-state index contributed by atoms with van der Waals surface area (Å²) in [7, 11) is 0. The molecule has 8 heteroatoms. The van der Waals surface area contributed by atoms with Gasteiger partial charge < -0.3 is 10.0 Å². The van der Waals surface area contributed by atoms with Crippen molar-refractivity contribution in [2.75, 3.05) is 30.3 Å². The second-order valence-corrected chi connectivity index (χ2v) is 16.4. The van der Waals surface area contributed by atoms with Crippen LogP contribution >= 0.6 is 23.6 Å². The Bertz CT molecular complexity index is 1910. The number of benzene rings is 3. The Morgan fingerprint density at radius 1 is 0.865 bits per heavy atom. The van der Waals surface area contributed by atoms with Gasteiger partial charge in [0.25, 0.3) is 0 Å². The Labute approximate surface area is 319 Å². The molecule has 3 aliphatic rings. The molecule has 0 saturated heterocycles. The number of fused-ring (bicyclic) bond motifs is 4. The molecule has 0 radical (unpaired) electrons. The first kappa shape index (κ1) is 38.6. The highest BCUT2D eigenvalue weighted by molar-refractivity contribution is 7.94. The van der Waals surface area contributed by atoms with Gasteiger partial charge in [0.05, 0.1) is 5.41 Å². The molecule has 3 aromatic rings. The average Bonchev–Trinajstić information content (AvgIpc) is 3.50. The Balaban J connectivity index is 1.30. The number of rotatable bonds is 16. The molecule has 52 heavy (non-hydrogen) atoms. The first-order valence-electron chi connectivity index (χ1n) is 18.9. The van der Waals surface area contributed by atoms with Gasteiger partial charge in [-0.1, -0.05) is 91.5 Å². The smallest absolute Gasteiger partial charge is 0.210 e. The zero-order chi connectivity index (χ0) is 36.7. The fourth-order valence-electron chi connectivity index (χ4n) is 8.45. The van der Waals surface area contributed by atoms with Crippen LogP contribution in [0.4, 0.5) is 11.4 Å². The third-order valence-electron chi connectivity index (χ3n) is 11.1. The molecule has 3 aromatic carbocycles. The standard InChI is InChI=1S/C44H53ClN2O4S/c1-43(2)36-20-9-10-21-37(36)46(29-12-14-31-52-51-50-49)39(43)26-23-33-17-15-18-34(42(33)45)24-27-40-44(3,4)41-35-19-8-7-16-32(35)22-25-38(41)47(40)28-11-5-6-13-30-48/h7-10,16,19-27,48H,5-6,11-15,17-18,28-31H2,1-4H3/p+1. The van der Waals surface area contributed by atoms with Crippen LogP contribution in [0.3, 0.4) is 0 Å². The maximum atomic E-state index is 9.31. The van der Waals surface area contributed by atoms with Crippen LogP contribution in [0.15, 0.2) is 107 Å². The van der Waals surface area contributed by atoms with Crippen molar-refractivity contribution >= 4 is 51.5 Å². The fourth-order valence-corrected chi connectivity index (χ4v) is 9.19. The van der Waals surface area contributed by atoms with Crippen LogP contribution < -0.4 is 4.90 Å². The minimum absolute atomic E-state index is 0.144. The van der Waals surface area contributed by atoms with Crippen molar-refractivity contribution in [2.24, 2.45) is 0 Å². The van der Waals surface area contributed by atoms with Gasteiger partial charge in [0.2, 0.25) is 5.69 Å². The molecule has 0 unspecified atom stereocenters. The summed E-state index contributed by atoms with van der Waals surface area (Å²) in [6, 6.07) is 22.0. The van der Waals surface area contributed by atoms with Gasteiger partial charge in [0.15, 0.2) is 5.71 Å². The molecule has 0 atom stereocenters. The van der Waals surface area contributed by atoms with E-state index in [0.29, 0.717) is 0 Å². The number of anilines is 1. The first-order valence-corrected chi connectivity index (χ1v) is 20.2. The SMILES string of the molecule is CC1(C)C(=CC=C2CCCC(C=CC3=[N+](CCCCCCO)c4ccc5ccccc5c4C3(C)C)=C2Cl)N(CCCCSOOO)c2ccccc21. The maximum absolute atomic E-state index is 9.31. The van der Waals surface area contributed by atoms with Gasteiger partial charge in [-0.05, 0) is 104 Å². The van der Waals surface area contributed by atoms with E-state index < -0.39 is 0 Å². The zero-order valence-electron chi connectivity index (χ0n) is 31.2. The second kappa shape index (κ2) is 17.3. The van der Waals surface area contributed by atoms with E-state index in [1.165, 1.54) is 55.8 Å². The van der Waals surface area contributed by atoms with Crippen LogP contribution in [0.1, 0.15) is 96.6 Å². The van der Waals surface area contributed by atoms with Crippen molar-refractivity contribution < 1.29 is 24.3 Å². The number of nitrogens with zero attached hydrogens (tertiary/aromatic N) is 2. The molecule has 1 aliphatic carbocycles. The van der Waals surface area contributed by atoms with Crippen LogP contribution in [0.2, 0.25) is 0 Å². The molecule has 0 bridgehead atoms. The van der Waals surface area contributed by atoms with Crippen molar-refractivity contribution in [2.45, 2.75) is 96.3 Å². The highest BCUT2D eigenvalue weighted by Gasteiger charge is 2.45. The van der Waals surface area contributed by atoms with Gasteiger partial charge in [-0.25, -0.2) is 5.26 Å². The number of hydrogen-bond donors (Lipinski definition) is 2. The molecule has 2 N–H and O–H groups in total. The van der Waals surface area contributed by atoms with Crippen molar-refractivity contribution in [1.29, 1.82) is 0 Å². The lowest BCUT2D eigenvalue weighted by Gasteiger charge is -2.27. The maximum Gasteiger partial charge on any atom is 0.210 e. The van der Waals surface area contributed by atoms with Gasteiger partial charge in [-0.3, -0.25) is 0 Å². The van der Waals surface area contributed by atoms with E-state index >= 15 is 0 Å². The molecule has 276 valence electrons. The van der Waals surface area contributed by atoms with Crippen LogP contribution in [0, 0.1) is 0 Å². The van der Waals surface area contributed by atoms with E-state index in [0.717, 1.165) is 93.7 Å². The summed E-state index contributed by atoms with van der Waals surface area (Å²) in [5.74, 6) is 0.737. The monoisotopic (exact) mass is 741 g/mol. The van der Waals surface area contributed by atoms with Gasteiger partial charge in [-0.15, -0.1) is 4.33 Å². The van der Waals surface area contributed by atoms with Crippen LogP contribution in [-0.2, 0) is 20.2 Å². The highest BCUT2D eigenvalue weighted by Crippen LogP contribution is 2.48. The molecule has 0 fully saturated rings. The lowest BCUT2D eigenvalue weighted by atomic mass is 9.79. The Morgan fingerprint density at radius 2 is 1.65 bits per heavy atom. The van der Waals surface area contributed by atoms with Gasteiger partial charge in [-0.2, -0.15) is 4.58 Å². The highest BCUT2D eigenvalue weighted by atomic mass is 35.5. The largest absolute Gasteiger partial charge is 0.396 e. The molecule has 2 aliphatic heterocycles. The number of allylic oxidation sites excluding steroid dienone is 8. The number of aliphatic hydroxyl groups excluding tert-OH is 1. The summed E-state index contributed by atoms with van der Waals surface area (Å²) in [5.41, 5.74) is 9.95. The summed E-state index contributed by atoms with van der Waals surface area (Å²) < 4.78 is 7.10. The first-order chi connectivity index (χ1) is 25.2. The third kappa shape index (κ3) is 8.01. The van der Waals surface area contributed by atoms with E-state index in [4.69, 9.17) is 16.9 Å². The van der Waals surface area contributed by atoms with E-state index in [1.54, 1.807) is 0 Å². The molecule has 6 nitrogen and oxygen atoms in total. The van der Waals surface area contributed by atoms with Crippen molar-refractivity contribution in [3.05, 3.63) is 118 Å². The van der Waals surface area contributed by atoms with Crippen molar-refractivity contribution in [3.63, 3.8) is 0 Å². The lowest BCUT2D eigenvalue weighted by Crippen LogP contribution is -2.28. The van der Waals surface area contributed by atoms with Crippen molar-refractivity contribution in [1.82, 2.24) is 0 Å². The lowest BCUT2D eigenvalue weighted by molar-refractivity contribution is -0.438. The molecule has 0 amide bonds. The van der Waals surface area contributed by atoms with Crippen LogP contribution in [-0.4, -0.2) is 46.1 Å².